The summed E-state index contributed by atoms with van der Waals surface area (Å²) in [6, 6.07) is 5.17. The molecule has 0 bridgehead atoms. The van der Waals surface area contributed by atoms with Crippen LogP contribution in [0.1, 0.15) is 17.3 Å². The third-order valence-corrected chi connectivity index (χ3v) is 2.70. The Morgan fingerprint density at radius 3 is 2.88 bits per heavy atom. The van der Waals surface area contributed by atoms with Gasteiger partial charge in [-0.3, -0.25) is 4.79 Å². The molecule has 0 aromatic heterocycles. The van der Waals surface area contributed by atoms with Crippen LogP contribution in [0, 0.1) is 0 Å². The summed E-state index contributed by atoms with van der Waals surface area (Å²) in [4.78, 5) is 11.7. The molecule has 5 heteroatoms. The van der Waals surface area contributed by atoms with E-state index in [1.165, 1.54) is 0 Å². The number of methoxy groups -OCH3 is 1. The van der Waals surface area contributed by atoms with Gasteiger partial charge in [0.25, 0.3) is 5.91 Å². The molecule has 0 aliphatic rings. The number of hydrogen-bond acceptors (Lipinski definition) is 3. The molecular formula is C11H15BrN2O2. The number of carbonyl (C=O) groups excluding carboxylic acids is 1. The van der Waals surface area contributed by atoms with Crippen molar-refractivity contribution in [2.45, 2.75) is 13.0 Å². The third kappa shape index (κ3) is 3.50. The van der Waals surface area contributed by atoms with Crippen molar-refractivity contribution in [1.29, 1.82) is 0 Å². The van der Waals surface area contributed by atoms with Crippen LogP contribution in [0.5, 0.6) is 0 Å². The number of nitrogen functional groups attached to an aromatic ring is 1. The van der Waals surface area contributed by atoms with Gasteiger partial charge in [0, 0.05) is 23.8 Å². The summed E-state index contributed by atoms with van der Waals surface area (Å²) < 4.78 is 5.89. The molecule has 1 amide bonds. The molecule has 4 nitrogen and oxygen atoms in total. The van der Waals surface area contributed by atoms with Crippen molar-refractivity contribution in [3.8, 4) is 0 Å². The third-order valence-electron chi connectivity index (χ3n) is 2.21. The van der Waals surface area contributed by atoms with E-state index in [-0.39, 0.29) is 12.0 Å². The van der Waals surface area contributed by atoms with E-state index < -0.39 is 0 Å². The zero-order valence-electron chi connectivity index (χ0n) is 9.29. The maximum atomic E-state index is 11.7. The highest BCUT2D eigenvalue weighted by molar-refractivity contribution is 9.10. The molecule has 0 aliphatic heterocycles. The van der Waals surface area contributed by atoms with Crippen LogP contribution in [0.15, 0.2) is 22.7 Å². The summed E-state index contributed by atoms with van der Waals surface area (Å²) in [6.45, 7) is 2.34. The van der Waals surface area contributed by atoms with E-state index in [2.05, 4.69) is 21.2 Å². The second-order valence-corrected chi connectivity index (χ2v) is 4.40. The van der Waals surface area contributed by atoms with Crippen molar-refractivity contribution in [1.82, 2.24) is 5.32 Å². The van der Waals surface area contributed by atoms with E-state index >= 15 is 0 Å². The number of halogens is 1. The summed E-state index contributed by atoms with van der Waals surface area (Å²) >= 11 is 3.29. The largest absolute Gasteiger partial charge is 0.398 e. The number of hydrogen-bond donors (Lipinski definition) is 2. The molecule has 0 radical (unpaired) electrons. The van der Waals surface area contributed by atoms with Gasteiger partial charge in [0.05, 0.1) is 11.7 Å². The van der Waals surface area contributed by atoms with Crippen LogP contribution in [0.25, 0.3) is 0 Å². The molecule has 0 heterocycles. The fourth-order valence-electron chi connectivity index (χ4n) is 1.16. The van der Waals surface area contributed by atoms with E-state index in [1.807, 2.05) is 6.92 Å². The van der Waals surface area contributed by atoms with E-state index in [9.17, 15) is 4.79 Å². The van der Waals surface area contributed by atoms with Crippen LogP contribution in [0.3, 0.4) is 0 Å². The van der Waals surface area contributed by atoms with Crippen molar-refractivity contribution >= 4 is 27.5 Å². The van der Waals surface area contributed by atoms with Crippen molar-refractivity contribution in [3.05, 3.63) is 28.2 Å². The number of amides is 1. The number of rotatable bonds is 4. The minimum atomic E-state index is -0.186. The van der Waals surface area contributed by atoms with Crippen molar-refractivity contribution in [3.63, 3.8) is 0 Å². The van der Waals surface area contributed by atoms with E-state index in [0.29, 0.717) is 17.8 Å². The molecule has 88 valence electrons. The van der Waals surface area contributed by atoms with Crippen LogP contribution in [0.2, 0.25) is 0 Å². The molecule has 1 aromatic rings. The summed E-state index contributed by atoms with van der Waals surface area (Å²) in [7, 11) is 1.60. The SMILES string of the molecule is COC(C)CNC(=O)c1ccc(Br)cc1N. The Bertz CT molecular complexity index is 382. The average molecular weight is 287 g/mol. The second kappa shape index (κ2) is 5.86. The Labute approximate surface area is 103 Å². The fourth-order valence-corrected chi connectivity index (χ4v) is 1.53. The molecule has 1 aromatic carbocycles. The zero-order chi connectivity index (χ0) is 12.1. The highest BCUT2D eigenvalue weighted by Crippen LogP contribution is 2.18. The van der Waals surface area contributed by atoms with Gasteiger partial charge in [0.2, 0.25) is 0 Å². The highest BCUT2D eigenvalue weighted by Gasteiger charge is 2.10. The molecule has 0 saturated carbocycles. The first-order chi connectivity index (χ1) is 7.54. The van der Waals surface area contributed by atoms with Gasteiger partial charge in [0.15, 0.2) is 0 Å². The topological polar surface area (TPSA) is 64.3 Å². The number of anilines is 1. The number of carbonyl (C=O) groups is 1. The lowest BCUT2D eigenvalue weighted by Gasteiger charge is -2.11. The Morgan fingerprint density at radius 1 is 1.62 bits per heavy atom. The minimum absolute atomic E-state index is 0.0133. The summed E-state index contributed by atoms with van der Waals surface area (Å²) in [5.41, 5.74) is 6.67. The normalized spacial score (nSPS) is 12.2. The first-order valence-corrected chi connectivity index (χ1v) is 5.70. The van der Waals surface area contributed by atoms with Gasteiger partial charge in [-0.05, 0) is 25.1 Å². The summed E-state index contributed by atoms with van der Waals surface area (Å²) in [5.74, 6) is -0.186. The van der Waals surface area contributed by atoms with Crippen molar-refractivity contribution in [2.24, 2.45) is 0 Å². The quantitative estimate of drug-likeness (QED) is 0.830. The van der Waals surface area contributed by atoms with Crippen LogP contribution >= 0.6 is 15.9 Å². The molecule has 0 aliphatic carbocycles. The van der Waals surface area contributed by atoms with Gasteiger partial charge >= 0.3 is 0 Å². The Hall–Kier alpha value is -1.07. The monoisotopic (exact) mass is 286 g/mol. The van der Waals surface area contributed by atoms with Gasteiger partial charge in [-0.1, -0.05) is 15.9 Å². The first-order valence-electron chi connectivity index (χ1n) is 4.90. The van der Waals surface area contributed by atoms with Gasteiger partial charge in [-0.2, -0.15) is 0 Å². The lowest BCUT2D eigenvalue weighted by atomic mass is 10.1. The van der Waals surface area contributed by atoms with E-state index in [4.69, 9.17) is 10.5 Å². The molecule has 16 heavy (non-hydrogen) atoms. The number of ether oxygens (including phenoxy) is 1. The van der Waals surface area contributed by atoms with Crippen LogP contribution in [0.4, 0.5) is 5.69 Å². The maximum Gasteiger partial charge on any atom is 0.253 e. The molecule has 3 N–H and O–H groups in total. The Balaban J connectivity index is 2.66. The van der Waals surface area contributed by atoms with Crippen molar-refractivity contribution in [2.75, 3.05) is 19.4 Å². The van der Waals surface area contributed by atoms with Crippen LogP contribution in [-0.2, 0) is 4.74 Å². The van der Waals surface area contributed by atoms with Crippen LogP contribution < -0.4 is 11.1 Å². The summed E-state index contributed by atoms with van der Waals surface area (Å²) in [5, 5.41) is 2.75. The lowest BCUT2D eigenvalue weighted by Crippen LogP contribution is -2.31. The Kier molecular flexibility index (Phi) is 4.76. The zero-order valence-corrected chi connectivity index (χ0v) is 10.9. The van der Waals surface area contributed by atoms with E-state index in [1.54, 1.807) is 25.3 Å². The van der Waals surface area contributed by atoms with Gasteiger partial charge in [-0.15, -0.1) is 0 Å². The lowest BCUT2D eigenvalue weighted by molar-refractivity contribution is 0.0871. The van der Waals surface area contributed by atoms with Crippen molar-refractivity contribution < 1.29 is 9.53 Å². The maximum absolute atomic E-state index is 11.7. The predicted octanol–water partition coefficient (Wildman–Crippen LogP) is 1.80. The highest BCUT2D eigenvalue weighted by atomic mass is 79.9. The molecule has 1 rings (SSSR count). The van der Waals surface area contributed by atoms with Gasteiger partial charge in [-0.25, -0.2) is 0 Å². The molecule has 0 saturated heterocycles. The first kappa shape index (κ1) is 13.0. The van der Waals surface area contributed by atoms with E-state index in [0.717, 1.165) is 4.47 Å². The molecule has 0 spiro atoms. The smallest absolute Gasteiger partial charge is 0.253 e. The molecule has 1 unspecified atom stereocenters. The van der Waals surface area contributed by atoms with Gasteiger partial charge in [0.1, 0.15) is 0 Å². The van der Waals surface area contributed by atoms with Crippen LogP contribution in [-0.4, -0.2) is 25.7 Å². The molecule has 0 fully saturated rings. The molecular weight excluding hydrogens is 272 g/mol. The molecule has 1 atom stereocenters. The Morgan fingerprint density at radius 2 is 2.31 bits per heavy atom. The van der Waals surface area contributed by atoms with Gasteiger partial charge < -0.3 is 15.8 Å². The standard InChI is InChI=1S/C11H15BrN2O2/c1-7(16-2)6-14-11(15)9-4-3-8(12)5-10(9)13/h3-5,7H,6,13H2,1-2H3,(H,14,15). The number of benzene rings is 1. The second-order valence-electron chi connectivity index (χ2n) is 3.49. The fraction of sp³-hybridized carbons (Fsp3) is 0.364. The average Bonchev–Trinajstić information content (AvgIpc) is 2.25. The number of nitrogens with one attached hydrogen (secondary N) is 1. The minimum Gasteiger partial charge on any atom is -0.398 e. The number of nitrogens with two attached hydrogens (primary N) is 1. The summed E-state index contributed by atoms with van der Waals surface area (Å²) in [6.07, 6.45) is -0.0133. The predicted molar refractivity (Wildman–Crippen MR) is 67.4 cm³/mol.